The largest absolute Gasteiger partial charge is 0.506 e. The molecule has 2 N–H and O–H groups in total. The van der Waals surface area contributed by atoms with Gasteiger partial charge >= 0.3 is 0 Å². The molecule has 2 aromatic rings. The number of nitrogens with zero attached hydrogens (tertiary/aromatic N) is 1. The summed E-state index contributed by atoms with van der Waals surface area (Å²) in [5, 5.41) is 15.0. The lowest BCUT2D eigenvalue weighted by molar-refractivity contribution is 0.385. The average molecular weight is 381 g/mol. The zero-order valence-corrected chi connectivity index (χ0v) is 15.4. The quantitative estimate of drug-likeness (QED) is 0.783. The molecule has 0 radical (unpaired) electrons. The molecule has 0 bridgehead atoms. The van der Waals surface area contributed by atoms with Crippen LogP contribution >= 0.6 is 35.4 Å². The Bertz CT molecular complexity index is 749. The topological polar surface area (TPSA) is 35.5 Å². The minimum Gasteiger partial charge on any atom is -0.506 e. The fraction of sp³-hybridized carbons (Fsp3) is 0.278. The summed E-state index contributed by atoms with van der Waals surface area (Å²) < 4.78 is 0. The van der Waals surface area contributed by atoms with E-state index in [1.165, 1.54) is 11.1 Å². The second-order valence-corrected chi connectivity index (χ2v) is 7.02. The zero-order chi connectivity index (χ0) is 17.1. The zero-order valence-electron chi connectivity index (χ0n) is 13.1. The Balaban J connectivity index is 1.56. The lowest BCUT2D eigenvalue weighted by atomic mass is 9.99. The van der Waals surface area contributed by atoms with Crippen LogP contribution in [0, 0.1) is 0 Å². The van der Waals surface area contributed by atoms with Crippen molar-refractivity contribution < 1.29 is 5.11 Å². The van der Waals surface area contributed by atoms with Gasteiger partial charge in [-0.25, -0.2) is 0 Å². The second-order valence-electron chi connectivity index (χ2n) is 5.82. The Morgan fingerprint density at radius 3 is 2.67 bits per heavy atom. The highest BCUT2D eigenvalue weighted by molar-refractivity contribution is 7.80. The molecule has 126 valence electrons. The van der Waals surface area contributed by atoms with Crippen LogP contribution in [0.4, 0.5) is 0 Å². The molecule has 0 fully saturated rings. The smallest absolute Gasteiger partial charge is 0.169 e. The first-order valence-electron chi connectivity index (χ1n) is 7.81. The van der Waals surface area contributed by atoms with Crippen molar-refractivity contribution in [3.05, 3.63) is 63.1 Å². The van der Waals surface area contributed by atoms with Gasteiger partial charge in [-0.3, -0.25) is 0 Å². The van der Waals surface area contributed by atoms with E-state index in [0.29, 0.717) is 16.7 Å². The van der Waals surface area contributed by atoms with Crippen molar-refractivity contribution in [2.75, 3.05) is 13.1 Å². The van der Waals surface area contributed by atoms with E-state index < -0.39 is 0 Å². The lowest BCUT2D eigenvalue weighted by Gasteiger charge is -2.31. The van der Waals surface area contributed by atoms with E-state index in [-0.39, 0.29) is 5.75 Å². The molecular formula is C18H18Cl2N2OS. The van der Waals surface area contributed by atoms with Crippen LogP contribution in [0.5, 0.6) is 5.75 Å². The van der Waals surface area contributed by atoms with Gasteiger partial charge < -0.3 is 15.3 Å². The van der Waals surface area contributed by atoms with Crippen molar-refractivity contribution >= 4 is 40.5 Å². The number of phenols is 1. The van der Waals surface area contributed by atoms with Crippen LogP contribution in [0.2, 0.25) is 10.0 Å². The summed E-state index contributed by atoms with van der Waals surface area (Å²) in [6.07, 6.45) is 1.75. The van der Waals surface area contributed by atoms with Crippen molar-refractivity contribution in [3.63, 3.8) is 0 Å². The van der Waals surface area contributed by atoms with E-state index in [4.69, 9.17) is 35.4 Å². The molecule has 0 aliphatic carbocycles. The standard InChI is InChI=1S/C18H18Cl2N2OS/c19-14-4-1-12(2-5-14)7-9-21-18(24)22-10-8-13-3-6-16(23)17(20)15(13)11-22/h1-6,23H,7-11H2,(H,21,24). The third-order valence-corrected chi connectivity index (χ3v) is 5.29. The number of phenolic OH excluding ortho intramolecular Hbond substituents is 1. The van der Waals surface area contributed by atoms with Crippen molar-refractivity contribution in [3.8, 4) is 5.75 Å². The molecule has 0 amide bonds. The summed E-state index contributed by atoms with van der Waals surface area (Å²) >= 11 is 17.6. The van der Waals surface area contributed by atoms with E-state index in [2.05, 4.69) is 10.2 Å². The molecule has 3 rings (SSSR count). The van der Waals surface area contributed by atoms with Crippen molar-refractivity contribution in [1.29, 1.82) is 0 Å². The SMILES string of the molecule is Oc1ccc2c(c1Cl)CN(C(=S)NCCc1ccc(Cl)cc1)CC2. The van der Waals surface area contributed by atoms with Crippen molar-refractivity contribution in [2.45, 2.75) is 19.4 Å². The molecule has 1 aliphatic heterocycles. The van der Waals surface area contributed by atoms with Gasteiger partial charge in [0.25, 0.3) is 0 Å². The van der Waals surface area contributed by atoms with Gasteiger partial charge in [0.2, 0.25) is 0 Å². The summed E-state index contributed by atoms with van der Waals surface area (Å²) in [4.78, 5) is 2.09. The molecule has 0 saturated heterocycles. The summed E-state index contributed by atoms with van der Waals surface area (Å²) in [7, 11) is 0. The molecule has 1 heterocycles. The predicted molar refractivity (Wildman–Crippen MR) is 103 cm³/mol. The monoisotopic (exact) mass is 380 g/mol. The number of aromatic hydroxyl groups is 1. The Morgan fingerprint density at radius 2 is 1.92 bits per heavy atom. The molecule has 0 saturated carbocycles. The molecule has 1 aliphatic rings. The summed E-state index contributed by atoms with van der Waals surface area (Å²) in [5.74, 6) is 0.124. The lowest BCUT2D eigenvalue weighted by Crippen LogP contribution is -2.43. The summed E-state index contributed by atoms with van der Waals surface area (Å²) in [6.45, 7) is 2.23. The number of halogens is 2. The molecule has 3 nitrogen and oxygen atoms in total. The first-order chi connectivity index (χ1) is 11.5. The van der Waals surface area contributed by atoms with E-state index in [1.807, 2.05) is 30.3 Å². The van der Waals surface area contributed by atoms with E-state index in [9.17, 15) is 5.11 Å². The van der Waals surface area contributed by atoms with Crippen LogP contribution < -0.4 is 5.32 Å². The first-order valence-corrected chi connectivity index (χ1v) is 8.97. The van der Waals surface area contributed by atoms with Crippen LogP contribution in [-0.4, -0.2) is 28.2 Å². The number of hydrogen-bond acceptors (Lipinski definition) is 2. The predicted octanol–water partition coefficient (Wildman–Crippen LogP) is 4.17. The second kappa shape index (κ2) is 7.60. The molecule has 0 aromatic heterocycles. The van der Waals surface area contributed by atoms with Gasteiger partial charge in [-0.1, -0.05) is 41.4 Å². The molecule has 0 atom stereocenters. The Morgan fingerprint density at radius 1 is 1.17 bits per heavy atom. The van der Waals surface area contributed by atoms with Crippen LogP contribution in [0.25, 0.3) is 0 Å². The molecule has 0 unspecified atom stereocenters. The maximum Gasteiger partial charge on any atom is 0.169 e. The highest BCUT2D eigenvalue weighted by atomic mass is 35.5. The Labute approximate surface area is 157 Å². The highest BCUT2D eigenvalue weighted by Gasteiger charge is 2.21. The summed E-state index contributed by atoms with van der Waals surface area (Å²) in [6, 6.07) is 11.4. The maximum atomic E-state index is 9.78. The van der Waals surface area contributed by atoms with E-state index in [1.54, 1.807) is 6.07 Å². The molecule has 0 spiro atoms. The van der Waals surface area contributed by atoms with E-state index >= 15 is 0 Å². The molecule has 24 heavy (non-hydrogen) atoms. The third kappa shape index (κ3) is 3.94. The normalized spacial score (nSPS) is 13.5. The van der Waals surface area contributed by atoms with Gasteiger partial charge in [-0.2, -0.15) is 0 Å². The van der Waals surface area contributed by atoms with Gasteiger partial charge in [-0.15, -0.1) is 0 Å². The van der Waals surface area contributed by atoms with Crippen molar-refractivity contribution in [2.24, 2.45) is 0 Å². The number of benzene rings is 2. The number of hydrogen-bond donors (Lipinski definition) is 2. The number of nitrogens with one attached hydrogen (secondary N) is 1. The fourth-order valence-corrected chi connectivity index (χ4v) is 3.46. The summed E-state index contributed by atoms with van der Waals surface area (Å²) in [5.41, 5.74) is 3.36. The maximum absolute atomic E-state index is 9.78. The van der Waals surface area contributed by atoms with Gasteiger partial charge in [0.1, 0.15) is 5.75 Å². The first kappa shape index (κ1) is 17.3. The van der Waals surface area contributed by atoms with Crippen LogP contribution in [0.3, 0.4) is 0 Å². The molecule has 6 heteroatoms. The van der Waals surface area contributed by atoms with Crippen LogP contribution in [0.1, 0.15) is 16.7 Å². The average Bonchev–Trinajstić information content (AvgIpc) is 2.59. The van der Waals surface area contributed by atoms with Gasteiger partial charge in [0.15, 0.2) is 5.11 Å². The van der Waals surface area contributed by atoms with Gasteiger partial charge in [-0.05, 0) is 59.9 Å². The molecular weight excluding hydrogens is 363 g/mol. The van der Waals surface area contributed by atoms with Crippen LogP contribution in [0.15, 0.2) is 36.4 Å². The van der Waals surface area contributed by atoms with E-state index in [0.717, 1.165) is 36.5 Å². The number of thiocarbonyl (C=S) groups is 1. The molecule has 2 aromatic carbocycles. The third-order valence-electron chi connectivity index (χ3n) is 4.21. The fourth-order valence-electron chi connectivity index (χ4n) is 2.83. The van der Waals surface area contributed by atoms with Gasteiger partial charge in [0.05, 0.1) is 5.02 Å². The minimum absolute atomic E-state index is 0.124. The van der Waals surface area contributed by atoms with Crippen molar-refractivity contribution in [1.82, 2.24) is 10.2 Å². The van der Waals surface area contributed by atoms with Gasteiger partial charge in [0, 0.05) is 24.7 Å². The minimum atomic E-state index is 0.124. The number of fused-ring (bicyclic) bond motifs is 1. The Kier molecular flexibility index (Phi) is 5.49. The Hall–Kier alpha value is -1.49. The highest BCUT2D eigenvalue weighted by Crippen LogP contribution is 2.33. The van der Waals surface area contributed by atoms with Crippen LogP contribution in [-0.2, 0) is 19.4 Å². The number of rotatable bonds is 3.